The maximum atomic E-state index is 12.6. The van der Waals surface area contributed by atoms with Crippen molar-refractivity contribution < 1.29 is 21.6 Å². The Morgan fingerprint density at radius 2 is 2.00 bits per heavy atom. The third-order valence-electron chi connectivity index (χ3n) is 2.37. The van der Waals surface area contributed by atoms with Gasteiger partial charge >= 0.3 is 6.18 Å². The number of nitriles is 1. The average molecular weight is 289 g/mol. The molecule has 1 aromatic carbocycles. The first kappa shape index (κ1) is 13.4. The van der Waals surface area contributed by atoms with Crippen LogP contribution in [0.15, 0.2) is 18.2 Å². The number of imidazole rings is 1. The van der Waals surface area contributed by atoms with Gasteiger partial charge in [-0.2, -0.15) is 18.4 Å². The molecule has 5 nitrogen and oxygen atoms in total. The van der Waals surface area contributed by atoms with Crippen LogP contribution in [0.2, 0.25) is 0 Å². The highest BCUT2D eigenvalue weighted by atomic mass is 32.2. The molecule has 0 fully saturated rings. The van der Waals surface area contributed by atoms with Gasteiger partial charge in [0.2, 0.25) is 15.8 Å². The largest absolute Gasteiger partial charge is 0.416 e. The third-order valence-corrected chi connectivity index (χ3v) is 3.40. The molecule has 0 spiro atoms. The number of halogens is 3. The number of rotatable bonds is 1. The fourth-order valence-corrected chi connectivity index (χ4v) is 2.54. The Labute approximate surface area is 105 Å². The quantitative estimate of drug-likeness (QED) is 0.801. The standard InChI is InChI=1S/C10H6F3N3O2S/c1-19(17,18)16-8-4-6(10(11,12)13)2-3-7(8)15-9(16)5-14/h2-4H,1H3. The van der Waals surface area contributed by atoms with Crippen molar-refractivity contribution in [1.29, 1.82) is 5.26 Å². The summed E-state index contributed by atoms with van der Waals surface area (Å²) in [4.78, 5) is 3.68. The Morgan fingerprint density at radius 1 is 1.37 bits per heavy atom. The van der Waals surface area contributed by atoms with Crippen LogP contribution in [0.3, 0.4) is 0 Å². The molecule has 0 unspecified atom stereocenters. The maximum Gasteiger partial charge on any atom is 0.416 e. The zero-order valence-electron chi connectivity index (χ0n) is 9.43. The van der Waals surface area contributed by atoms with Gasteiger partial charge in [-0.15, -0.1) is 0 Å². The maximum absolute atomic E-state index is 12.6. The Hall–Kier alpha value is -2.08. The van der Waals surface area contributed by atoms with Crippen LogP contribution in [0.5, 0.6) is 0 Å². The lowest BCUT2D eigenvalue weighted by molar-refractivity contribution is -0.137. The van der Waals surface area contributed by atoms with E-state index in [2.05, 4.69) is 4.98 Å². The lowest BCUT2D eigenvalue weighted by atomic mass is 10.2. The number of nitrogens with zero attached hydrogens (tertiary/aromatic N) is 3. The summed E-state index contributed by atoms with van der Waals surface area (Å²) < 4.78 is 61.3. The molecule has 2 aromatic rings. The second kappa shape index (κ2) is 3.96. The van der Waals surface area contributed by atoms with Gasteiger partial charge in [-0.05, 0) is 18.2 Å². The summed E-state index contributed by atoms with van der Waals surface area (Å²) in [6, 6.07) is 4.01. The molecule has 0 aliphatic rings. The predicted octanol–water partition coefficient (Wildman–Crippen LogP) is 1.73. The fourth-order valence-electron chi connectivity index (χ4n) is 1.64. The van der Waals surface area contributed by atoms with E-state index in [0.717, 1.165) is 18.4 Å². The van der Waals surface area contributed by atoms with Crippen LogP contribution in [-0.4, -0.2) is 23.6 Å². The van der Waals surface area contributed by atoms with Gasteiger partial charge in [0.25, 0.3) is 0 Å². The van der Waals surface area contributed by atoms with Gasteiger partial charge in [-0.25, -0.2) is 17.4 Å². The normalized spacial score (nSPS) is 12.6. The summed E-state index contributed by atoms with van der Waals surface area (Å²) in [6.07, 6.45) is -3.82. The summed E-state index contributed by atoms with van der Waals surface area (Å²) in [5, 5.41) is 8.79. The number of alkyl halides is 3. The zero-order valence-corrected chi connectivity index (χ0v) is 10.2. The number of hydrogen-bond acceptors (Lipinski definition) is 4. The first-order valence-corrected chi connectivity index (χ1v) is 6.70. The molecular weight excluding hydrogens is 283 g/mol. The molecule has 0 atom stereocenters. The van der Waals surface area contributed by atoms with Crippen molar-refractivity contribution in [2.75, 3.05) is 6.26 Å². The lowest BCUT2D eigenvalue weighted by Crippen LogP contribution is -2.12. The van der Waals surface area contributed by atoms with Crippen molar-refractivity contribution in [3.8, 4) is 6.07 Å². The van der Waals surface area contributed by atoms with Gasteiger partial charge in [0.05, 0.1) is 22.9 Å². The Balaban J connectivity index is 2.89. The molecule has 1 aromatic heterocycles. The van der Waals surface area contributed by atoms with Crippen molar-refractivity contribution in [3.63, 3.8) is 0 Å². The minimum atomic E-state index is -4.60. The molecule has 19 heavy (non-hydrogen) atoms. The highest BCUT2D eigenvalue weighted by Crippen LogP contribution is 2.31. The SMILES string of the molecule is CS(=O)(=O)n1c(C#N)nc2ccc(C(F)(F)F)cc21. The molecule has 0 saturated heterocycles. The summed E-state index contributed by atoms with van der Waals surface area (Å²) in [7, 11) is -3.93. The van der Waals surface area contributed by atoms with Crippen LogP contribution < -0.4 is 0 Å². The Bertz CT molecular complexity index is 800. The molecule has 0 N–H and O–H groups in total. The molecule has 0 amide bonds. The second-order valence-electron chi connectivity index (χ2n) is 3.78. The molecule has 0 bridgehead atoms. The number of hydrogen-bond donors (Lipinski definition) is 0. The van der Waals surface area contributed by atoms with Gasteiger partial charge < -0.3 is 0 Å². The molecule has 0 saturated carbocycles. The van der Waals surface area contributed by atoms with E-state index in [1.807, 2.05) is 0 Å². The van der Waals surface area contributed by atoms with Gasteiger partial charge in [0.1, 0.15) is 6.07 Å². The molecule has 0 radical (unpaired) electrons. The smallest absolute Gasteiger partial charge is 0.218 e. The minimum Gasteiger partial charge on any atom is -0.218 e. The fraction of sp³-hybridized carbons (Fsp3) is 0.200. The van der Waals surface area contributed by atoms with Crippen LogP contribution in [-0.2, 0) is 16.2 Å². The highest BCUT2D eigenvalue weighted by molar-refractivity contribution is 7.89. The van der Waals surface area contributed by atoms with Crippen LogP contribution >= 0.6 is 0 Å². The molecule has 1 heterocycles. The van der Waals surface area contributed by atoms with Crippen molar-refractivity contribution in [2.45, 2.75) is 6.18 Å². The predicted molar refractivity (Wildman–Crippen MR) is 59.7 cm³/mol. The van der Waals surface area contributed by atoms with Crippen LogP contribution in [0.4, 0.5) is 13.2 Å². The molecule has 0 aliphatic heterocycles. The van der Waals surface area contributed by atoms with Crippen LogP contribution in [0, 0.1) is 11.3 Å². The third kappa shape index (κ3) is 2.26. The van der Waals surface area contributed by atoms with E-state index in [-0.39, 0.29) is 11.0 Å². The Kier molecular flexibility index (Phi) is 2.78. The summed E-state index contributed by atoms with van der Waals surface area (Å²) in [5.74, 6) is -0.475. The molecule has 100 valence electrons. The first-order chi connectivity index (χ1) is 8.64. The Morgan fingerprint density at radius 3 is 2.47 bits per heavy atom. The monoisotopic (exact) mass is 289 g/mol. The molecular formula is C10H6F3N3O2S. The van der Waals surface area contributed by atoms with E-state index < -0.39 is 27.6 Å². The van der Waals surface area contributed by atoms with Crippen molar-refractivity contribution in [3.05, 3.63) is 29.6 Å². The minimum absolute atomic E-state index is 0.00924. The first-order valence-electron chi connectivity index (χ1n) is 4.85. The number of benzene rings is 1. The summed E-state index contributed by atoms with van der Waals surface area (Å²) in [6.45, 7) is 0. The number of aromatic nitrogens is 2. The second-order valence-corrected chi connectivity index (χ2v) is 5.61. The lowest BCUT2D eigenvalue weighted by Gasteiger charge is -2.07. The van der Waals surface area contributed by atoms with Crippen LogP contribution in [0.1, 0.15) is 11.4 Å². The van der Waals surface area contributed by atoms with E-state index in [0.29, 0.717) is 10.0 Å². The van der Waals surface area contributed by atoms with E-state index in [4.69, 9.17) is 5.26 Å². The average Bonchev–Trinajstić information content (AvgIpc) is 2.64. The molecule has 2 rings (SSSR count). The van der Waals surface area contributed by atoms with Gasteiger partial charge in [-0.3, -0.25) is 0 Å². The van der Waals surface area contributed by atoms with Crippen molar-refractivity contribution in [1.82, 2.24) is 8.96 Å². The van der Waals surface area contributed by atoms with Crippen molar-refractivity contribution in [2.24, 2.45) is 0 Å². The summed E-state index contributed by atoms with van der Waals surface area (Å²) in [5.41, 5.74) is -1.27. The van der Waals surface area contributed by atoms with E-state index in [1.54, 1.807) is 6.07 Å². The van der Waals surface area contributed by atoms with Gasteiger partial charge in [0, 0.05) is 0 Å². The van der Waals surface area contributed by atoms with Crippen molar-refractivity contribution >= 4 is 21.1 Å². The highest BCUT2D eigenvalue weighted by Gasteiger charge is 2.31. The topological polar surface area (TPSA) is 75.8 Å². The number of fused-ring (bicyclic) bond motifs is 1. The van der Waals surface area contributed by atoms with Gasteiger partial charge in [0.15, 0.2) is 0 Å². The van der Waals surface area contributed by atoms with Gasteiger partial charge in [-0.1, -0.05) is 0 Å². The van der Waals surface area contributed by atoms with E-state index in [9.17, 15) is 21.6 Å². The summed E-state index contributed by atoms with van der Waals surface area (Å²) >= 11 is 0. The zero-order chi connectivity index (χ0) is 14.4. The molecule has 9 heteroatoms. The molecule has 0 aliphatic carbocycles. The van der Waals surface area contributed by atoms with Crippen LogP contribution in [0.25, 0.3) is 11.0 Å². The van der Waals surface area contributed by atoms with E-state index >= 15 is 0 Å². The van der Waals surface area contributed by atoms with E-state index in [1.165, 1.54) is 0 Å².